The van der Waals surface area contributed by atoms with Crippen LogP contribution in [0, 0.1) is 0 Å². The van der Waals surface area contributed by atoms with Crippen LogP contribution in [0.3, 0.4) is 0 Å². The number of rotatable bonds is 9. The van der Waals surface area contributed by atoms with Crippen molar-refractivity contribution >= 4 is 5.91 Å². The molecule has 0 aliphatic rings. The number of pyridine rings is 1. The summed E-state index contributed by atoms with van der Waals surface area (Å²) in [5.74, 6) is 1.61. The minimum atomic E-state index is -0.0256. The summed E-state index contributed by atoms with van der Waals surface area (Å²) in [6, 6.07) is 13.5. The molecule has 0 saturated carbocycles. The molecule has 1 aromatic carbocycles. The number of benzene rings is 1. The third-order valence-electron chi connectivity index (χ3n) is 4.08. The Morgan fingerprint density at radius 1 is 1.15 bits per heavy atom. The number of nitrogens with zero attached hydrogens (tertiary/aromatic N) is 3. The molecule has 2 aromatic heterocycles. The van der Waals surface area contributed by atoms with Gasteiger partial charge in [-0.2, -0.15) is 4.98 Å². The molecule has 2 heterocycles. The Morgan fingerprint density at radius 2 is 2.00 bits per heavy atom. The van der Waals surface area contributed by atoms with E-state index < -0.39 is 0 Å². The number of amides is 1. The van der Waals surface area contributed by atoms with Gasteiger partial charge in [-0.3, -0.25) is 9.78 Å². The second-order valence-electron chi connectivity index (χ2n) is 6.06. The van der Waals surface area contributed by atoms with Gasteiger partial charge in [0, 0.05) is 12.6 Å². The molecular formula is C20H22N4O3. The highest BCUT2D eigenvalue weighted by atomic mass is 16.5. The lowest BCUT2D eigenvalue weighted by Crippen LogP contribution is -2.22. The Kier molecular flexibility index (Phi) is 6.51. The maximum absolute atomic E-state index is 12.0. The van der Waals surface area contributed by atoms with E-state index in [0.717, 1.165) is 25.0 Å². The smallest absolute Gasteiger partial charge is 0.246 e. The molecule has 27 heavy (non-hydrogen) atoms. The van der Waals surface area contributed by atoms with Crippen molar-refractivity contribution in [1.29, 1.82) is 0 Å². The number of carbonyl (C=O) groups is 1. The summed E-state index contributed by atoms with van der Waals surface area (Å²) in [5.41, 5.74) is 1.88. The number of aromatic nitrogens is 3. The zero-order chi connectivity index (χ0) is 18.9. The van der Waals surface area contributed by atoms with Gasteiger partial charge >= 0.3 is 0 Å². The van der Waals surface area contributed by atoms with Crippen LogP contribution in [0.25, 0.3) is 11.5 Å². The van der Waals surface area contributed by atoms with E-state index in [1.54, 1.807) is 19.4 Å². The Bertz CT molecular complexity index is 847. The number of unbranched alkanes of at least 4 members (excludes halogenated alkanes) is 1. The number of nitrogens with one attached hydrogen (secondary N) is 1. The number of ether oxygens (including phenoxy) is 1. The molecule has 0 saturated heterocycles. The maximum atomic E-state index is 12.0. The summed E-state index contributed by atoms with van der Waals surface area (Å²) in [7, 11) is 1.65. The van der Waals surface area contributed by atoms with Crippen LogP contribution in [0.4, 0.5) is 0 Å². The van der Waals surface area contributed by atoms with Crippen molar-refractivity contribution in [3.05, 3.63) is 60.1 Å². The van der Waals surface area contributed by atoms with E-state index in [2.05, 4.69) is 20.4 Å². The third-order valence-corrected chi connectivity index (χ3v) is 4.08. The van der Waals surface area contributed by atoms with Crippen molar-refractivity contribution in [1.82, 2.24) is 20.4 Å². The lowest BCUT2D eigenvalue weighted by molar-refractivity contribution is -0.121. The first-order valence-electron chi connectivity index (χ1n) is 8.88. The molecule has 7 heteroatoms. The van der Waals surface area contributed by atoms with E-state index >= 15 is 0 Å². The average Bonchev–Trinajstić information content (AvgIpc) is 3.20. The highest BCUT2D eigenvalue weighted by molar-refractivity contribution is 5.75. The van der Waals surface area contributed by atoms with Crippen molar-refractivity contribution in [3.63, 3.8) is 0 Å². The molecular weight excluding hydrogens is 344 g/mol. The number of hydrogen-bond acceptors (Lipinski definition) is 6. The van der Waals surface area contributed by atoms with Gasteiger partial charge in [-0.1, -0.05) is 23.4 Å². The summed E-state index contributed by atoms with van der Waals surface area (Å²) in [4.78, 5) is 20.4. The Morgan fingerprint density at radius 3 is 2.74 bits per heavy atom. The minimum absolute atomic E-state index is 0.0256. The molecule has 0 aliphatic carbocycles. The maximum Gasteiger partial charge on any atom is 0.246 e. The van der Waals surface area contributed by atoms with Crippen LogP contribution in [-0.4, -0.2) is 28.1 Å². The van der Waals surface area contributed by atoms with Gasteiger partial charge in [0.2, 0.25) is 17.6 Å². The van der Waals surface area contributed by atoms with E-state index in [0.29, 0.717) is 23.8 Å². The van der Waals surface area contributed by atoms with Gasteiger partial charge in [-0.15, -0.1) is 0 Å². The number of aryl methyl sites for hydroxylation is 1. The SMILES string of the molecule is COc1ccc(CCCCC(=O)NCc2nc(-c3ccccn3)no2)cc1. The first kappa shape index (κ1) is 18.6. The molecule has 3 rings (SSSR count). The molecule has 1 amide bonds. The van der Waals surface area contributed by atoms with Crippen LogP contribution in [-0.2, 0) is 17.8 Å². The summed E-state index contributed by atoms with van der Waals surface area (Å²) < 4.78 is 10.3. The van der Waals surface area contributed by atoms with E-state index in [1.165, 1.54) is 5.56 Å². The van der Waals surface area contributed by atoms with E-state index in [-0.39, 0.29) is 12.5 Å². The Hall–Kier alpha value is -3.22. The number of carbonyl (C=O) groups excluding carboxylic acids is 1. The zero-order valence-corrected chi connectivity index (χ0v) is 15.2. The molecule has 0 bridgehead atoms. The van der Waals surface area contributed by atoms with Gasteiger partial charge in [0.05, 0.1) is 13.7 Å². The van der Waals surface area contributed by atoms with Gasteiger partial charge in [0.15, 0.2) is 0 Å². The number of methoxy groups -OCH3 is 1. The van der Waals surface area contributed by atoms with Crippen LogP contribution in [0.5, 0.6) is 5.75 Å². The Labute approximate surface area is 157 Å². The molecule has 0 unspecified atom stereocenters. The van der Waals surface area contributed by atoms with Crippen molar-refractivity contribution in [3.8, 4) is 17.3 Å². The summed E-state index contributed by atoms with van der Waals surface area (Å²) in [5, 5.41) is 6.68. The second kappa shape index (κ2) is 9.47. The van der Waals surface area contributed by atoms with Crippen molar-refractivity contribution in [2.24, 2.45) is 0 Å². The fourth-order valence-electron chi connectivity index (χ4n) is 2.60. The summed E-state index contributed by atoms with van der Waals surface area (Å²) in [6.07, 6.45) is 4.84. The van der Waals surface area contributed by atoms with Gasteiger partial charge in [-0.25, -0.2) is 0 Å². The molecule has 3 aromatic rings. The topological polar surface area (TPSA) is 90.1 Å². The monoisotopic (exact) mass is 366 g/mol. The van der Waals surface area contributed by atoms with Crippen LogP contribution >= 0.6 is 0 Å². The lowest BCUT2D eigenvalue weighted by Gasteiger charge is -2.04. The largest absolute Gasteiger partial charge is 0.497 e. The second-order valence-corrected chi connectivity index (χ2v) is 6.06. The van der Waals surface area contributed by atoms with Gasteiger partial charge < -0.3 is 14.6 Å². The van der Waals surface area contributed by atoms with Crippen molar-refractivity contribution in [2.75, 3.05) is 7.11 Å². The van der Waals surface area contributed by atoms with Crippen LogP contribution in [0.15, 0.2) is 53.2 Å². The third kappa shape index (κ3) is 5.64. The molecule has 0 radical (unpaired) electrons. The highest BCUT2D eigenvalue weighted by Gasteiger charge is 2.10. The van der Waals surface area contributed by atoms with E-state index in [9.17, 15) is 4.79 Å². The van der Waals surface area contributed by atoms with Gasteiger partial charge in [-0.05, 0) is 49.1 Å². The minimum Gasteiger partial charge on any atom is -0.497 e. The quantitative estimate of drug-likeness (QED) is 0.585. The van der Waals surface area contributed by atoms with E-state index in [1.807, 2.05) is 36.4 Å². The van der Waals surface area contributed by atoms with Gasteiger partial charge in [0.25, 0.3) is 0 Å². The summed E-state index contributed by atoms with van der Waals surface area (Å²) in [6.45, 7) is 0.219. The fourth-order valence-corrected chi connectivity index (χ4v) is 2.60. The molecule has 0 atom stereocenters. The van der Waals surface area contributed by atoms with Crippen molar-refractivity contribution < 1.29 is 14.1 Å². The molecule has 1 N–H and O–H groups in total. The molecule has 0 aliphatic heterocycles. The van der Waals surface area contributed by atoms with Crippen LogP contribution in [0.2, 0.25) is 0 Å². The fraction of sp³-hybridized carbons (Fsp3) is 0.300. The number of hydrogen-bond donors (Lipinski definition) is 1. The first-order chi connectivity index (χ1) is 13.2. The van der Waals surface area contributed by atoms with Gasteiger partial charge in [0.1, 0.15) is 11.4 Å². The van der Waals surface area contributed by atoms with Crippen LogP contribution in [0.1, 0.15) is 30.7 Å². The van der Waals surface area contributed by atoms with Crippen LogP contribution < -0.4 is 10.1 Å². The highest BCUT2D eigenvalue weighted by Crippen LogP contribution is 2.14. The molecule has 7 nitrogen and oxygen atoms in total. The predicted molar refractivity (Wildman–Crippen MR) is 99.9 cm³/mol. The van der Waals surface area contributed by atoms with Crippen molar-refractivity contribution in [2.45, 2.75) is 32.2 Å². The molecule has 0 spiro atoms. The normalized spacial score (nSPS) is 10.6. The average molecular weight is 366 g/mol. The molecule has 140 valence electrons. The lowest BCUT2D eigenvalue weighted by atomic mass is 10.1. The molecule has 0 fully saturated rings. The van der Waals surface area contributed by atoms with E-state index in [4.69, 9.17) is 9.26 Å². The first-order valence-corrected chi connectivity index (χ1v) is 8.88. The zero-order valence-electron chi connectivity index (χ0n) is 15.2. The summed E-state index contributed by atoms with van der Waals surface area (Å²) >= 11 is 0. The predicted octanol–water partition coefficient (Wildman–Crippen LogP) is 3.17. The standard InChI is InChI=1S/C20H22N4O3/c1-26-16-11-9-15(10-12-16)6-2-3-8-18(25)22-14-19-23-20(24-27-19)17-7-4-5-13-21-17/h4-5,7,9-13H,2-3,6,8,14H2,1H3,(H,22,25). The Balaban J connectivity index is 1.35.